The lowest BCUT2D eigenvalue weighted by Crippen LogP contribution is -2.73. The number of amides is 1. The van der Waals surface area contributed by atoms with Gasteiger partial charge >= 0.3 is 12.1 Å². The van der Waals surface area contributed by atoms with Gasteiger partial charge in [0.25, 0.3) is 0 Å². The van der Waals surface area contributed by atoms with Gasteiger partial charge in [-0.2, -0.15) is 0 Å². The van der Waals surface area contributed by atoms with E-state index in [1.54, 1.807) is 51.1 Å². The first-order chi connectivity index (χ1) is 18.4. The highest BCUT2D eigenvalue weighted by atomic mass is 16.6. The number of rotatable bonds is 5. The van der Waals surface area contributed by atoms with Gasteiger partial charge in [0.1, 0.15) is 17.1 Å². The maximum atomic E-state index is 12.7. The topological polar surface area (TPSA) is 105 Å². The lowest BCUT2D eigenvalue weighted by molar-refractivity contribution is -0.170. The van der Waals surface area contributed by atoms with Gasteiger partial charge in [-0.3, -0.25) is 15.0 Å². The Hall–Kier alpha value is -3.49. The third-order valence-electron chi connectivity index (χ3n) is 8.28. The molecule has 8 nitrogen and oxygen atoms in total. The lowest BCUT2D eigenvalue weighted by atomic mass is 9.49. The first-order valence-electron chi connectivity index (χ1n) is 13.5. The average Bonchev–Trinajstić information content (AvgIpc) is 2.86. The number of ether oxygens (including phenoxy) is 2. The van der Waals surface area contributed by atoms with Crippen LogP contribution in [0.3, 0.4) is 0 Å². The van der Waals surface area contributed by atoms with Gasteiger partial charge in [0.05, 0.1) is 11.2 Å². The van der Waals surface area contributed by atoms with Gasteiger partial charge in [-0.05, 0) is 94.1 Å². The van der Waals surface area contributed by atoms with Gasteiger partial charge in [0.15, 0.2) is 0 Å². The number of carbonyl (C=O) groups excluding carboxylic acids is 3. The highest BCUT2D eigenvalue weighted by Gasteiger charge is 2.64. The minimum absolute atomic E-state index is 0.0939. The van der Waals surface area contributed by atoms with Crippen molar-refractivity contribution in [1.29, 1.82) is 0 Å². The number of likely N-dealkylation sites (tertiary alicyclic amines) is 1. The molecule has 1 amide bonds. The molecule has 2 fully saturated rings. The number of hydrogen-bond acceptors (Lipinski definition) is 7. The first kappa shape index (κ1) is 27.1. The molecule has 1 aliphatic heterocycles. The fourth-order valence-electron chi connectivity index (χ4n) is 6.60. The van der Waals surface area contributed by atoms with Crippen molar-refractivity contribution in [2.24, 2.45) is 0 Å². The van der Waals surface area contributed by atoms with Crippen LogP contribution < -0.4 is 10.1 Å². The van der Waals surface area contributed by atoms with Crippen molar-refractivity contribution in [2.45, 2.75) is 75.5 Å². The minimum atomic E-state index is -1.04. The summed E-state index contributed by atoms with van der Waals surface area (Å²) in [6, 6.07) is 11.8. The molecule has 0 unspecified atom stereocenters. The van der Waals surface area contributed by atoms with Crippen molar-refractivity contribution < 1.29 is 29.0 Å². The molecule has 2 aromatic rings. The number of hydrogen-bond donors (Lipinski definition) is 2. The molecular formula is C31H36N2O6. The van der Waals surface area contributed by atoms with E-state index in [2.05, 4.69) is 16.8 Å². The second-order valence-electron chi connectivity index (χ2n) is 11.9. The second-order valence-corrected chi connectivity index (χ2v) is 11.9. The standard InChI is InChI=1S/C31H36N2O6/c1-5-15-33-16-14-30-19-23(34)12-13-31(30,37)26(33)17-21-8-11-24(18-25(21)30)38-28(36)32-22-9-6-20(7-10-22)27(35)39-29(2,3)4/h5-11,18,26,37H,1,12-17,19H2,2-4H3,(H,32,36)/t26-,30-,31-/m1/s1. The molecule has 5 rings (SSSR count). The fraction of sp³-hybridized carbons (Fsp3) is 0.452. The molecule has 1 heterocycles. The van der Waals surface area contributed by atoms with Crippen LogP contribution in [-0.2, 0) is 21.4 Å². The van der Waals surface area contributed by atoms with E-state index >= 15 is 0 Å². The third-order valence-corrected chi connectivity index (χ3v) is 8.28. The van der Waals surface area contributed by atoms with E-state index in [1.165, 1.54) is 0 Å². The molecule has 39 heavy (non-hydrogen) atoms. The molecule has 1 saturated heterocycles. The average molecular weight is 533 g/mol. The molecule has 2 aliphatic carbocycles. The molecule has 2 aromatic carbocycles. The summed E-state index contributed by atoms with van der Waals surface area (Å²) in [4.78, 5) is 40.0. The number of nitrogens with zero attached hydrogens (tertiary/aromatic N) is 1. The van der Waals surface area contributed by atoms with Gasteiger partial charge in [-0.15, -0.1) is 6.58 Å². The van der Waals surface area contributed by atoms with Crippen LogP contribution in [0, 0.1) is 0 Å². The molecule has 0 spiro atoms. The number of carbonyl (C=O) groups is 3. The van der Waals surface area contributed by atoms with Gasteiger partial charge in [-0.25, -0.2) is 9.59 Å². The summed E-state index contributed by atoms with van der Waals surface area (Å²) in [5.41, 5.74) is 0.477. The Labute approximate surface area is 229 Å². The van der Waals surface area contributed by atoms with E-state index in [9.17, 15) is 19.5 Å². The van der Waals surface area contributed by atoms with E-state index in [-0.39, 0.29) is 18.2 Å². The monoisotopic (exact) mass is 532 g/mol. The van der Waals surface area contributed by atoms with Crippen LogP contribution in [0.4, 0.5) is 10.5 Å². The Bertz CT molecular complexity index is 1310. The zero-order valence-electron chi connectivity index (χ0n) is 22.8. The molecule has 2 N–H and O–H groups in total. The molecule has 2 bridgehead atoms. The highest BCUT2D eigenvalue weighted by molar-refractivity contribution is 5.91. The Kier molecular flexibility index (Phi) is 6.89. The van der Waals surface area contributed by atoms with Crippen molar-refractivity contribution in [3.05, 3.63) is 71.8 Å². The largest absolute Gasteiger partial charge is 0.456 e. The maximum absolute atomic E-state index is 12.7. The Balaban J connectivity index is 1.35. The van der Waals surface area contributed by atoms with Gasteiger partial charge in [0.2, 0.25) is 0 Å². The first-order valence-corrected chi connectivity index (χ1v) is 13.5. The minimum Gasteiger partial charge on any atom is -0.456 e. The predicted octanol–water partition coefficient (Wildman–Crippen LogP) is 4.79. The molecule has 0 aromatic heterocycles. The van der Waals surface area contributed by atoms with Crippen molar-refractivity contribution in [2.75, 3.05) is 18.4 Å². The quantitative estimate of drug-likeness (QED) is 0.421. The number of aliphatic hydroxyl groups is 1. The number of nitrogens with one attached hydrogen (secondary N) is 1. The summed E-state index contributed by atoms with van der Waals surface area (Å²) in [5, 5.41) is 14.8. The number of piperidine rings is 1. The second kappa shape index (κ2) is 9.92. The van der Waals surface area contributed by atoms with E-state index < -0.39 is 28.7 Å². The SMILES string of the molecule is C=CCN1CC[C@]23CC(=O)CC[C@@]2(O)[C@H]1Cc1ccc(OC(=O)Nc2ccc(C(=O)OC(C)(C)C)cc2)cc13. The molecular weight excluding hydrogens is 496 g/mol. The normalized spacial score (nSPS) is 26.2. The van der Waals surface area contributed by atoms with Crippen LogP contribution in [0.15, 0.2) is 55.1 Å². The highest BCUT2D eigenvalue weighted by Crippen LogP contribution is 2.57. The Morgan fingerprint density at radius 1 is 1.18 bits per heavy atom. The summed E-state index contributed by atoms with van der Waals surface area (Å²) >= 11 is 0. The van der Waals surface area contributed by atoms with Gasteiger partial charge in [0, 0.05) is 36.5 Å². The summed E-state index contributed by atoms with van der Waals surface area (Å²) < 4.78 is 11.0. The van der Waals surface area contributed by atoms with Crippen molar-refractivity contribution in [1.82, 2.24) is 4.90 Å². The third kappa shape index (κ3) is 4.99. The summed E-state index contributed by atoms with van der Waals surface area (Å²) in [7, 11) is 0. The van der Waals surface area contributed by atoms with Crippen molar-refractivity contribution >= 4 is 23.5 Å². The number of Topliss-reactive ketones (excluding diaryl/α,β-unsaturated/α-hetero) is 1. The smallest absolute Gasteiger partial charge is 0.417 e. The molecule has 8 heteroatoms. The zero-order chi connectivity index (χ0) is 28.0. The van der Waals surface area contributed by atoms with E-state index in [0.29, 0.717) is 49.2 Å². The number of ketones is 1. The number of benzene rings is 2. The summed E-state index contributed by atoms with van der Waals surface area (Å²) in [6.07, 6.45) is 3.57. The number of anilines is 1. The molecule has 206 valence electrons. The van der Waals surface area contributed by atoms with Crippen LogP contribution in [0.5, 0.6) is 5.75 Å². The van der Waals surface area contributed by atoms with Gasteiger partial charge < -0.3 is 14.6 Å². The Morgan fingerprint density at radius 2 is 1.92 bits per heavy atom. The van der Waals surface area contributed by atoms with E-state index in [1.807, 2.05) is 18.2 Å². The lowest BCUT2D eigenvalue weighted by Gasteiger charge is -2.63. The Morgan fingerprint density at radius 3 is 2.62 bits per heavy atom. The number of fused-ring (bicyclic) bond motifs is 1. The predicted molar refractivity (Wildman–Crippen MR) is 147 cm³/mol. The molecule has 3 aliphatic rings. The summed E-state index contributed by atoms with van der Waals surface area (Å²) in [5.74, 6) is 0.0597. The van der Waals surface area contributed by atoms with Crippen molar-refractivity contribution in [3.63, 3.8) is 0 Å². The number of esters is 1. The van der Waals surface area contributed by atoms with Crippen LogP contribution in [0.1, 0.15) is 67.9 Å². The molecule has 1 saturated carbocycles. The zero-order valence-corrected chi connectivity index (χ0v) is 22.8. The summed E-state index contributed by atoms with van der Waals surface area (Å²) in [6.45, 7) is 10.7. The van der Waals surface area contributed by atoms with Crippen LogP contribution in [-0.4, -0.2) is 58.2 Å². The molecule has 0 radical (unpaired) electrons. The van der Waals surface area contributed by atoms with E-state index in [4.69, 9.17) is 9.47 Å². The van der Waals surface area contributed by atoms with Crippen molar-refractivity contribution in [3.8, 4) is 5.75 Å². The van der Waals surface area contributed by atoms with Gasteiger partial charge in [-0.1, -0.05) is 12.1 Å². The van der Waals surface area contributed by atoms with E-state index in [0.717, 1.165) is 17.7 Å². The van der Waals surface area contributed by atoms with Crippen LogP contribution >= 0.6 is 0 Å². The maximum Gasteiger partial charge on any atom is 0.417 e. The fourth-order valence-corrected chi connectivity index (χ4v) is 6.60. The van der Waals surface area contributed by atoms with Crippen LogP contribution in [0.25, 0.3) is 0 Å². The van der Waals surface area contributed by atoms with Crippen LogP contribution in [0.2, 0.25) is 0 Å². The molecule has 3 atom stereocenters.